The molecule has 0 fully saturated rings. The lowest BCUT2D eigenvalue weighted by atomic mass is 9.87. The first-order chi connectivity index (χ1) is 23.5. The van der Waals surface area contributed by atoms with Gasteiger partial charge in [0, 0.05) is 55.7 Å². The number of hydrogen-bond acceptors (Lipinski definition) is 9. The highest BCUT2D eigenvalue weighted by Gasteiger charge is 2.45. The summed E-state index contributed by atoms with van der Waals surface area (Å²) in [6, 6.07) is 15.9. The molecular formula is C35H4F5N9. The second-order valence-electron chi connectivity index (χ2n) is 9.82. The first kappa shape index (κ1) is 32.1. The van der Waals surface area contributed by atoms with Crippen molar-refractivity contribution >= 4 is 33.4 Å². The second kappa shape index (κ2) is 11.9. The minimum atomic E-state index is -1.61. The third-order valence-corrected chi connectivity index (χ3v) is 7.62. The van der Waals surface area contributed by atoms with Crippen molar-refractivity contribution in [2.75, 3.05) is 0 Å². The molecule has 0 radical (unpaired) electrons. The molecule has 0 N–H and O–H groups in total. The number of allylic oxidation sites excluding steroid dienone is 8. The molecule has 3 aromatic carbocycles. The number of hydrogen-bond donors (Lipinski definition) is 0. The maximum absolute atomic E-state index is 17.1. The molecule has 0 aromatic heterocycles. The van der Waals surface area contributed by atoms with E-state index in [1.165, 1.54) is 30.3 Å². The molecule has 3 aromatic rings. The third-order valence-electron chi connectivity index (χ3n) is 7.62. The van der Waals surface area contributed by atoms with E-state index < -0.39 is 124 Å². The van der Waals surface area contributed by atoms with Gasteiger partial charge in [0.25, 0.3) is 0 Å². The van der Waals surface area contributed by atoms with E-state index in [1.54, 1.807) is 24.3 Å². The molecule has 0 aliphatic heterocycles. The van der Waals surface area contributed by atoms with E-state index in [2.05, 4.69) is 0 Å². The highest BCUT2D eigenvalue weighted by Crippen LogP contribution is 2.57. The van der Waals surface area contributed by atoms with Gasteiger partial charge in [-0.05, 0) is 24.3 Å². The van der Waals surface area contributed by atoms with Crippen molar-refractivity contribution in [2.24, 2.45) is 0 Å². The average Bonchev–Trinajstić information content (AvgIpc) is 3.63. The van der Waals surface area contributed by atoms with Crippen LogP contribution >= 0.6 is 0 Å². The van der Waals surface area contributed by atoms with Gasteiger partial charge in [-0.3, -0.25) is 0 Å². The zero-order valence-electron chi connectivity index (χ0n) is 23.7. The van der Waals surface area contributed by atoms with E-state index in [4.69, 9.17) is 0 Å². The van der Waals surface area contributed by atoms with Crippen LogP contribution in [0.2, 0.25) is 0 Å². The van der Waals surface area contributed by atoms with Gasteiger partial charge in [0.15, 0.2) is 11.6 Å². The summed E-state index contributed by atoms with van der Waals surface area (Å²) < 4.78 is 77.8. The van der Waals surface area contributed by atoms with Crippen molar-refractivity contribution < 1.29 is 22.0 Å². The van der Waals surface area contributed by atoms with Gasteiger partial charge in [-0.25, -0.2) is 22.0 Å². The molecule has 0 heterocycles. The van der Waals surface area contributed by atoms with Crippen LogP contribution in [0.3, 0.4) is 0 Å². The molecule has 0 saturated carbocycles. The van der Waals surface area contributed by atoms with Gasteiger partial charge in [-0.1, -0.05) is 0 Å². The molecule has 2 aliphatic carbocycles. The Balaban J connectivity index is 2.08. The van der Waals surface area contributed by atoms with Gasteiger partial charge in [-0.2, -0.15) is 47.4 Å². The molecule has 2 aliphatic rings. The molecule has 0 unspecified atom stereocenters. The van der Waals surface area contributed by atoms with Crippen molar-refractivity contribution in [2.45, 2.75) is 0 Å². The molecule has 0 amide bonds. The van der Waals surface area contributed by atoms with Crippen LogP contribution in [-0.4, -0.2) is 0 Å². The first-order valence-corrected chi connectivity index (χ1v) is 13.0. The molecule has 5 rings (SSSR count). The van der Waals surface area contributed by atoms with Crippen molar-refractivity contribution in [3.8, 4) is 54.6 Å². The number of rotatable bonds is 2. The Morgan fingerprint density at radius 1 is 0.408 bits per heavy atom. The molecular weight excluding hydrogens is 641 g/mol. The summed E-state index contributed by atoms with van der Waals surface area (Å²) in [6.45, 7) is 0. The van der Waals surface area contributed by atoms with Crippen LogP contribution < -0.4 is 0 Å². The molecule has 14 heteroatoms. The van der Waals surface area contributed by atoms with Gasteiger partial charge < -0.3 is 0 Å². The Kier molecular flexibility index (Phi) is 7.78. The summed E-state index contributed by atoms with van der Waals surface area (Å²) in [7, 11) is 0. The topological polar surface area (TPSA) is 214 Å². The summed E-state index contributed by atoms with van der Waals surface area (Å²) in [4.78, 5) is 0. The van der Waals surface area contributed by atoms with Crippen LogP contribution in [-0.2, 0) is 0 Å². The van der Waals surface area contributed by atoms with Crippen molar-refractivity contribution in [1.82, 2.24) is 0 Å². The Hall–Kier alpha value is -8.32. The molecule has 9 nitrogen and oxygen atoms in total. The molecule has 224 valence electrons. The lowest BCUT2D eigenvalue weighted by Gasteiger charge is -2.14. The highest BCUT2D eigenvalue weighted by atomic mass is 19.2. The van der Waals surface area contributed by atoms with Crippen LogP contribution in [0.25, 0.3) is 33.4 Å². The van der Waals surface area contributed by atoms with E-state index in [1.807, 2.05) is 0 Å². The van der Waals surface area contributed by atoms with Crippen LogP contribution in [0.5, 0.6) is 0 Å². The summed E-state index contributed by atoms with van der Waals surface area (Å²) >= 11 is 0. The summed E-state index contributed by atoms with van der Waals surface area (Å²) in [5.41, 5.74) is -13.7. The van der Waals surface area contributed by atoms with E-state index in [9.17, 15) is 60.5 Å². The minimum absolute atomic E-state index is 0.414. The number of nitriles is 9. The summed E-state index contributed by atoms with van der Waals surface area (Å²) in [5, 5.41) is 88.7. The average molecular weight is 645 g/mol. The maximum atomic E-state index is 17.1. The Labute approximate surface area is 271 Å². The van der Waals surface area contributed by atoms with E-state index >= 15 is 8.78 Å². The van der Waals surface area contributed by atoms with Crippen LogP contribution in [0.1, 0.15) is 50.1 Å². The SMILES string of the molecule is N#CC(C#N)=C1C(c2cc(F)c(F)cc2C#N)=C(C#N)c2c(F)c3c(c(F)c21)C(C#N)=C(c1cc(F)c(C#N)cc1C#N)C3=C(C#N)C#N. The highest BCUT2D eigenvalue weighted by molar-refractivity contribution is 6.30. The smallest absolute Gasteiger partial charge is 0.160 e. The molecule has 0 spiro atoms. The van der Waals surface area contributed by atoms with Crippen molar-refractivity contribution in [1.29, 1.82) is 47.4 Å². The summed E-state index contributed by atoms with van der Waals surface area (Å²) in [6.07, 6.45) is 0. The fraction of sp³-hybridized carbons (Fsp3) is 0. The fourth-order valence-corrected chi connectivity index (χ4v) is 5.72. The Morgan fingerprint density at radius 3 is 1.14 bits per heavy atom. The quantitative estimate of drug-likeness (QED) is 0.219. The van der Waals surface area contributed by atoms with Gasteiger partial charge in [0.05, 0.1) is 40.0 Å². The zero-order valence-corrected chi connectivity index (χ0v) is 23.7. The Bertz CT molecular complexity index is 2670. The molecule has 49 heavy (non-hydrogen) atoms. The number of nitrogens with zero attached hydrogens (tertiary/aromatic N) is 9. The fourth-order valence-electron chi connectivity index (χ4n) is 5.72. The van der Waals surface area contributed by atoms with E-state index in [0.29, 0.717) is 18.2 Å². The van der Waals surface area contributed by atoms with E-state index in [-0.39, 0.29) is 0 Å². The lowest BCUT2D eigenvalue weighted by molar-refractivity contribution is 0.508. The molecule has 0 atom stereocenters. The van der Waals surface area contributed by atoms with Gasteiger partial charge in [0.1, 0.15) is 71.1 Å². The maximum Gasteiger partial charge on any atom is 0.160 e. The standard InChI is InChI=1S/C35H4F5N9/c36-23-3-19(14(5-41)1-16(23)7-43)28-21(12-48)30-32(26(28)17(8-44)9-45)35(40)31-22(13-49)29(20-4-25(38)24(37)2-15(20)6-42)27(18(10-46)11-47)33(31)34(30)39/h1-4H. The molecule has 0 saturated heterocycles. The predicted octanol–water partition coefficient (Wildman–Crippen LogP) is 6.49. The monoisotopic (exact) mass is 645 g/mol. The van der Waals surface area contributed by atoms with Crippen molar-refractivity contribution in [3.63, 3.8) is 0 Å². The second-order valence-corrected chi connectivity index (χ2v) is 9.82. The lowest BCUT2D eigenvalue weighted by Crippen LogP contribution is -2.05. The largest absolute Gasteiger partial charge is 0.206 e. The summed E-state index contributed by atoms with van der Waals surface area (Å²) in [5.74, 6) is -7.55. The number of benzene rings is 3. The third kappa shape index (κ3) is 4.36. The van der Waals surface area contributed by atoms with Crippen LogP contribution in [0.15, 0.2) is 35.4 Å². The zero-order chi connectivity index (χ0) is 35.9. The normalized spacial score (nSPS) is 12.2. The van der Waals surface area contributed by atoms with Crippen LogP contribution in [0, 0.1) is 131 Å². The number of fused-ring (bicyclic) bond motifs is 2. The van der Waals surface area contributed by atoms with Crippen LogP contribution in [0.4, 0.5) is 22.0 Å². The van der Waals surface area contributed by atoms with Crippen molar-refractivity contribution in [3.05, 3.63) is 115 Å². The van der Waals surface area contributed by atoms with Gasteiger partial charge in [-0.15, -0.1) is 0 Å². The van der Waals surface area contributed by atoms with Gasteiger partial charge in [0.2, 0.25) is 0 Å². The van der Waals surface area contributed by atoms with Gasteiger partial charge >= 0.3 is 0 Å². The van der Waals surface area contributed by atoms with E-state index in [0.717, 1.165) is 6.07 Å². The predicted molar refractivity (Wildman–Crippen MR) is 154 cm³/mol. The first-order valence-electron chi connectivity index (χ1n) is 13.0. The Morgan fingerprint density at radius 2 is 0.776 bits per heavy atom. The molecule has 0 bridgehead atoms. The minimum Gasteiger partial charge on any atom is -0.206 e. The number of halogens is 5.